The molecule has 0 saturated heterocycles. The first kappa shape index (κ1) is 10.2. The summed E-state index contributed by atoms with van der Waals surface area (Å²) in [6, 6.07) is 4.07. The molecule has 0 atom stereocenters. The molecule has 0 aliphatic carbocycles. The smallest absolute Gasteiger partial charge is 0.304 e. The summed E-state index contributed by atoms with van der Waals surface area (Å²) in [4.78, 5) is 14.0. The fraction of sp³-hybridized carbons (Fsp3) is 0.200. The number of halogens is 1. The Morgan fingerprint density at radius 1 is 1.64 bits per heavy atom. The van der Waals surface area contributed by atoms with Crippen molar-refractivity contribution < 1.29 is 9.18 Å². The van der Waals surface area contributed by atoms with Crippen molar-refractivity contribution in [3.63, 3.8) is 0 Å². The van der Waals surface area contributed by atoms with Crippen molar-refractivity contribution >= 4 is 11.6 Å². The van der Waals surface area contributed by atoms with Crippen LogP contribution >= 0.6 is 0 Å². The largest absolute Gasteiger partial charge is 0.319 e. The molecule has 4 heteroatoms. The number of hydrogen-bond acceptors (Lipinski definition) is 1. The van der Waals surface area contributed by atoms with Gasteiger partial charge in [0.15, 0.2) is 0 Å². The second kappa shape index (κ2) is 4.38. The van der Waals surface area contributed by atoms with E-state index in [2.05, 4.69) is 10.2 Å². The zero-order valence-electron chi connectivity index (χ0n) is 7.67. The molecule has 14 heavy (non-hydrogen) atoms. The van der Waals surface area contributed by atoms with Gasteiger partial charge in [-0.1, -0.05) is 0 Å². The van der Waals surface area contributed by atoms with E-state index in [1.807, 2.05) is 0 Å². The van der Waals surface area contributed by atoms with Crippen LogP contribution < -0.4 is 5.32 Å². The minimum Gasteiger partial charge on any atom is -0.319 e. The number of amides is 1. The van der Waals surface area contributed by atoms with Crippen LogP contribution in [0.2, 0.25) is 0 Å². The molecule has 0 fully saturated rings. The summed E-state index contributed by atoms with van der Waals surface area (Å²) in [5.74, 6) is -0.722. The summed E-state index contributed by atoms with van der Waals surface area (Å²) in [5.41, 5.74) is 1.18. The zero-order chi connectivity index (χ0) is 10.6. The molecule has 0 aliphatic heterocycles. The number of rotatable bonds is 2. The van der Waals surface area contributed by atoms with E-state index in [4.69, 9.17) is 6.57 Å². The number of nitrogens with one attached hydrogen (secondary N) is 1. The fourth-order valence-electron chi connectivity index (χ4n) is 1.03. The minimum absolute atomic E-state index is 0.211. The number of hydrogen-bond donors (Lipinski definition) is 1. The van der Waals surface area contributed by atoms with Crippen molar-refractivity contribution in [1.82, 2.24) is 0 Å². The predicted octanol–water partition coefficient (Wildman–Crippen LogP) is 1.99. The Bertz CT molecular complexity index is 396. The summed E-state index contributed by atoms with van der Waals surface area (Å²) in [6.45, 7) is 7.97. The summed E-state index contributed by atoms with van der Waals surface area (Å²) < 4.78 is 12.7. The van der Waals surface area contributed by atoms with Crippen molar-refractivity contribution in [3.8, 4) is 0 Å². The number of anilines is 1. The number of nitrogens with zero attached hydrogens (tertiary/aromatic N) is 1. The molecule has 0 aliphatic rings. The van der Waals surface area contributed by atoms with E-state index in [9.17, 15) is 9.18 Å². The molecule has 0 aromatic heterocycles. The first-order valence-corrected chi connectivity index (χ1v) is 4.02. The zero-order valence-corrected chi connectivity index (χ0v) is 7.67. The Labute approximate surface area is 81.4 Å². The quantitative estimate of drug-likeness (QED) is 0.714. The molecule has 1 aromatic carbocycles. The average Bonchev–Trinajstić information content (AvgIpc) is 2.10. The highest BCUT2D eigenvalue weighted by atomic mass is 19.1. The SMILES string of the molecule is [C-]#[N+]CC(=O)Nc1ccc(F)cc1C. The Morgan fingerprint density at radius 3 is 2.93 bits per heavy atom. The molecule has 3 nitrogen and oxygen atoms in total. The number of aryl methyl sites for hydroxylation is 1. The summed E-state index contributed by atoms with van der Waals surface area (Å²) in [7, 11) is 0. The Morgan fingerprint density at radius 2 is 2.36 bits per heavy atom. The van der Waals surface area contributed by atoms with E-state index < -0.39 is 0 Å². The van der Waals surface area contributed by atoms with Gasteiger partial charge in [-0.25, -0.2) is 11.0 Å². The van der Waals surface area contributed by atoms with Crippen molar-refractivity contribution in [2.45, 2.75) is 6.92 Å². The highest BCUT2D eigenvalue weighted by Gasteiger charge is 2.06. The van der Waals surface area contributed by atoms with Gasteiger partial charge in [-0.15, -0.1) is 0 Å². The maximum Gasteiger partial charge on any atom is 0.304 e. The predicted molar refractivity (Wildman–Crippen MR) is 51.2 cm³/mol. The van der Waals surface area contributed by atoms with Crippen LogP contribution in [0.3, 0.4) is 0 Å². The normalized spacial score (nSPS) is 9.21. The van der Waals surface area contributed by atoms with Gasteiger partial charge < -0.3 is 10.2 Å². The van der Waals surface area contributed by atoms with Gasteiger partial charge in [0, 0.05) is 5.69 Å². The van der Waals surface area contributed by atoms with Gasteiger partial charge in [0.1, 0.15) is 5.82 Å². The topological polar surface area (TPSA) is 33.5 Å². The van der Waals surface area contributed by atoms with Crippen molar-refractivity contribution in [2.75, 3.05) is 11.9 Å². The molecule has 1 N–H and O–H groups in total. The van der Waals surface area contributed by atoms with E-state index in [1.165, 1.54) is 18.2 Å². The molecule has 72 valence electrons. The second-order valence-electron chi connectivity index (χ2n) is 2.82. The maximum absolute atomic E-state index is 12.7. The standard InChI is InChI=1S/C10H9FN2O/c1-7-5-8(11)3-4-9(7)13-10(14)6-12-2/h3-5H,6H2,1H3,(H,13,14). The van der Waals surface area contributed by atoms with Crippen molar-refractivity contribution in [3.05, 3.63) is 41.0 Å². The molecular formula is C10H9FN2O. The van der Waals surface area contributed by atoms with Crippen LogP contribution in [0, 0.1) is 19.3 Å². The molecule has 0 spiro atoms. The highest BCUT2D eigenvalue weighted by molar-refractivity contribution is 5.93. The molecule has 0 unspecified atom stereocenters. The van der Waals surface area contributed by atoms with Gasteiger partial charge in [-0.05, 0) is 30.7 Å². The van der Waals surface area contributed by atoms with Crippen molar-refractivity contribution in [2.24, 2.45) is 0 Å². The molecular weight excluding hydrogens is 183 g/mol. The van der Waals surface area contributed by atoms with E-state index in [-0.39, 0.29) is 18.3 Å². The second-order valence-corrected chi connectivity index (χ2v) is 2.82. The fourth-order valence-corrected chi connectivity index (χ4v) is 1.03. The lowest BCUT2D eigenvalue weighted by Gasteiger charge is -2.04. The summed E-state index contributed by atoms with van der Waals surface area (Å²) in [5, 5.41) is 2.52. The molecule has 1 rings (SSSR count). The lowest BCUT2D eigenvalue weighted by molar-refractivity contribution is -0.114. The molecule has 0 radical (unpaired) electrons. The number of carbonyl (C=O) groups is 1. The number of carbonyl (C=O) groups excluding carboxylic acids is 1. The van der Waals surface area contributed by atoms with E-state index in [1.54, 1.807) is 6.92 Å². The van der Waals surface area contributed by atoms with Crippen LogP contribution in [0.5, 0.6) is 0 Å². The third-order valence-electron chi connectivity index (χ3n) is 1.69. The lowest BCUT2D eigenvalue weighted by atomic mass is 10.2. The lowest BCUT2D eigenvalue weighted by Crippen LogP contribution is -2.14. The van der Waals surface area contributed by atoms with Crippen LogP contribution in [0.1, 0.15) is 5.56 Å². The first-order chi connectivity index (χ1) is 6.63. The van der Waals surface area contributed by atoms with Gasteiger partial charge in [-0.2, -0.15) is 0 Å². The van der Waals surface area contributed by atoms with E-state index in [0.717, 1.165) is 0 Å². The van der Waals surface area contributed by atoms with Gasteiger partial charge in [0.2, 0.25) is 0 Å². The van der Waals surface area contributed by atoms with Gasteiger partial charge >= 0.3 is 5.91 Å². The van der Waals surface area contributed by atoms with E-state index >= 15 is 0 Å². The molecule has 0 heterocycles. The highest BCUT2D eigenvalue weighted by Crippen LogP contribution is 2.15. The van der Waals surface area contributed by atoms with Gasteiger partial charge in [0.25, 0.3) is 6.54 Å². The van der Waals surface area contributed by atoms with Gasteiger partial charge in [-0.3, -0.25) is 4.79 Å². The van der Waals surface area contributed by atoms with Crippen molar-refractivity contribution in [1.29, 1.82) is 0 Å². The molecule has 1 aromatic rings. The van der Waals surface area contributed by atoms with Gasteiger partial charge in [0.05, 0.1) is 0 Å². The summed E-state index contributed by atoms with van der Waals surface area (Å²) >= 11 is 0. The maximum atomic E-state index is 12.7. The van der Waals surface area contributed by atoms with E-state index in [0.29, 0.717) is 11.3 Å². The molecule has 1 amide bonds. The van der Waals surface area contributed by atoms with Crippen LogP contribution in [0.25, 0.3) is 4.85 Å². The Hall–Kier alpha value is -1.89. The Balaban J connectivity index is 2.78. The summed E-state index contributed by atoms with van der Waals surface area (Å²) in [6.07, 6.45) is 0. The minimum atomic E-state index is -0.380. The third-order valence-corrected chi connectivity index (χ3v) is 1.69. The molecule has 0 bridgehead atoms. The monoisotopic (exact) mass is 192 g/mol. The van der Waals surface area contributed by atoms with Crippen LogP contribution in [-0.2, 0) is 4.79 Å². The number of benzene rings is 1. The Kier molecular flexibility index (Phi) is 3.19. The van der Waals surface area contributed by atoms with Crippen LogP contribution in [-0.4, -0.2) is 12.5 Å². The third kappa shape index (κ3) is 2.56. The first-order valence-electron chi connectivity index (χ1n) is 4.02. The molecule has 0 saturated carbocycles. The average molecular weight is 192 g/mol. The van der Waals surface area contributed by atoms with Crippen LogP contribution in [0.4, 0.5) is 10.1 Å². The van der Waals surface area contributed by atoms with Crippen LogP contribution in [0.15, 0.2) is 18.2 Å².